The van der Waals surface area contributed by atoms with Crippen LogP contribution >= 0.6 is 70.7 Å². The van der Waals surface area contributed by atoms with Crippen molar-refractivity contribution in [2.24, 2.45) is 5.73 Å². The summed E-state index contributed by atoms with van der Waals surface area (Å²) >= 11 is 19.7. The second kappa shape index (κ2) is 23.9. The van der Waals surface area contributed by atoms with Crippen LogP contribution in [-0.4, -0.2) is 50.6 Å². The van der Waals surface area contributed by atoms with Gasteiger partial charge in [0.1, 0.15) is 21.4 Å². The second-order valence-corrected chi connectivity index (χ2v) is 17.4. The Morgan fingerprint density at radius 3 is 1.53 bits per heavy atom. The fraction of sp³-hybridized carbons (Fsp3) is 0.0889. The van der Waals surface area contributed by atoms with E-state index in [9.17, 15) is 15.3 Å². The number of carbonyl (C=O) groups excluding carboxylic acids is 1. The van der Waals surface area contributed by atoms with Crippen LogP contribution in [0.5, 0.6) is 0 Å². The Labute approximate surface area is 396 Å². The van der Waals surface area contributed by atoms with Crippen molar-refractivity contribution in [1.82, 2.24) is 39.9 Å². The number of rotatable bonds is 8. The first-order valence-corrected chi connectivity index (χ1v) is 22.5. The summed E-state index contributed by atoms with van der Waals surface area (Å²) in [6.45, 7) is 5.95. The molecule has 0 fully saturated rings. The molecule has 8 rings (SSSR count). The predicted octanol–water partition coefficient (Wildman–Crippen LogP) is 11.1. The van der Waals surface area contributed by atoms with Gasteiger partial charge in [0.05, 0.1) is 62.2 Å². The van der Waals surface area contributed by atoms with Crippen LogP contribution in [0.1, 0.15) is 48.2 Å². The summed E-state index contributed by atoms with van der Waals surface area (Å²) < 4.78 is 0.836. The standard InChI is InChI=1S/2C15H10N4S2.C12H10N2OS.C3H4N2S/c2*1-9-14(18-8-21-9)11-5-13(10-3-2-4-17-7-10)19-15(20)12(11)6-16;1-9-11(14-8-16-9)4-5-12(15)10-3-2-6-13-7-10;4-2-1-3(5)6/h2*2-5,7-8H,1H3,(H,19,20);2-8H,1H3;1H2,(H2,5,6)/b;;5-4+;. The van der Waals surface area contributed by atoms with E-state index in [0.717, 1.165) is 65.4 Å². The van der Waals surface area contributed by atoms with Crippen molar-refractivity contribution in [3.8, 4) is 63.2 Å². The number of hydrogen-bond donors (Lipinski definition) is 3. The fourth-order valence-corrected chi connectivity index (χ4v) is 7.85. The van der Waals surface area contributed by atoms with Crippen LogP contribution in [0.25, 0.3) is 51.1 Å². The van der Waals surface area contributed by atoms with E-state index in [4.69, 9.17) is 35.4 Å². The predicted molar refractivity (Wildman–Crippen MR) is 262 cm³/mol. The Bertz CT molecular complexity index is 3000. The minimum atomic E-state index is -0.0551. The zero-order valence-corrected chi connectivity index (χ0v) is 39.0. The average Bonchev–Trinajstić information content (AvgIpc) is 4.07. The van der Waals surface area contributed by atoms with Crippen LogP contribution in [0, 0.1) is 64.0 Å². The maximum absolute atomic E-state index is 11.7. The van der Waals surface area contributed by atoms with Gasteiger partial charge in [0.15, 0.2) is 5.78 Å². The van der Waals surface area contributed by atoms with E-state index in [1.807, 2.05) is 57.2 Å². The van der Waals surface area contributed by atoms with Crippen molar-refractivity contribution in [3.63, 3.8) is 0 Å². The third-order valence-electron chi connectivity index (χ3n) is 8.61. The lowest BCUT2D eigenvalue weighted by Gasteiger charge is -2.07. The third-order valence-corrected chi connectivity index (χ3v) is 11.7. The molecule has 0 aliphatic carbocycles. The van der Waals surface area contributed by atoms with E-state index in [1.165, 1.54) is 6.08 Å². The highest BCUT2D eigenvalue weighted by atomic mass is 32.1. The third kappa shape index (κ3) is 12.9. The van der Waals surface area contributed by atoms with Gasteiger partial charge in [0.2, 0.25) is 0 Å². The lowest BCUT2D eigenvalue weighted by atomic mass is 10.0. The number of carbonyl (C=O) groups is 1. The largest absolute Gasteiger partial charge is 0.392 e. The first-order valence-electron chi connectivity index (χ1n) is 18.6. The topological polar surface area (TPSA) is 223 Å². The van der Waals surface area contributed by atoms with Crippen molar-refractivity contribution < 1.29 is 4.79 Å². The lowest BCUT2D eigenvalue weighted by Crippen LogP contribution is -2.04. The Morgan fingerprint density at radius 1 is 0.719 bits per heavy atom. The smallest absolute Gasteiger partial charge is 0.187 e. The molecule has 4 N–H and O–H groups in total. The number of nitrogens with two attached hydrogens (primary N) is 1. The molecular weight excluding hydrogens is 917 g/mol. The summed E-state index contributed by atoms with van der Waals surface area (Å²) in [6.07, 6.45) is 13.6. The van der Waals surface area contributed by atoms with Gasteiger partial charge in [0.25, 0.3) is 0 Å². The van der Waals surface area contributed by atoms with Gasteiger partial charge in [-0.1, -0.05) is 36.7 Å². The van der Waals surface area contributed by atoms with Crippen LogP contribution in [0.15, 0.2) is 108 Å². The molecule has 0 atom stereocenters. The zero-order chi connectivity index (χ0) is 46.0. The molecule has 8 heterocycles. The highest BCUT2D eigenvalue weighted by Crippen LogP contribution is 2.32. The molecule has 0 radical (unpaired) electrons. The summed E-state index contributed by atoms with van der Waals surface area (Å²) in [5, 5.41) is 26.6. The lowest BCUT2D eigenvalue weighted by molar-refractivity contribution is 0.104. The number of aryl methyl sites for hydroxylation is 3. The van der Waals surface area contributed by atoms with Gasteiger partial charge in [-0.05, 0) is 81.5 Å². The molecule has 0 saturated carbocycles. The van der Waals surface area contributed by atoms with Crippen molar-refractivity contribution in [1.29, 1.82) is 15.8 Å². The summed E-state index contributed by atoms with van der Waals surface area (Å²) in [4.78, 5) is 46.4. The normalized spacial score (nSPS) is 10.1. The zero-order valence-electron chi connectivity index (χ0n) is 34.1. The number of thiazole rings is 3. The Morgan fingerprint density at radius 2 is 1.19 bits per heavy atom. The van der Waals surface area contributed by atoms with E-state index in [1.54, 1.807) is 112 Å². The van der Waals surface area contributed by atoms with Gasteiger partial charge in [-0.3, -0.25) is 19.7 Å². The average molecular weight is 951 g/mol. The van der Waals surface area contributed by atoms with Crippen LogP contribution < -0.4 is 5.73 Å². The summed E-state index contributed by atoms with van der Waals surface area (Å²) in [7, 11) is 0. The fourth-order valence-electron chi connectivity index (χ4n) is 5.51. The molecule has 8 aromatic rings. The molecule has 316 valence electrons. The number of aromatic amines is 2. The Balaban J connectivity index is 0.000000171. The highest BCUT2D eigenvalue weighted by Gasteiger charge is 2.16. The highest BCUT2D eigenvalue weighted by molar-refractivity contribution is 7.80. The van der Waals surface area contributed by atoms with Gasteiger partial charge in [-0.2, -0.15) is 15.8 Å². The molecule has 13 nitrogen and oxygen atoms in total. The van der Waals surface area contributed by atoms with Gasteiger partial charge >= 0.3 is 0 Å². The first kappa shape index (κ1) is 47.9. The van der Waals surface area contributed by atoms with Crippen molar-refractivity contribution in [3.05, 3.63) is 155 Å². The summed E-state index contributed by atoms with van der Waals surface area (Å²) in [5.41, 5.74) is 19.2. The Kier molecular flexibility index (Phi) is 17.9. The van der Waals surface area contributed by atoms with Crippen molar-refractivity contribution >= 4 is 87.5 Å². The number of thiocarbonyl (C=S) groups is 1. The molecule has 0 saturated heterocycles. The minimum Gasteiger partial charge on any atom is -0.392 e. The van der Waals surface area contributed by atoms with Crippen molar-refractivity contribution in [2.75, 3.05) is 0 Å². The molecule has 0 aromatic carbocycles. The number of H-pyrrole nitrogens is 2. The first-order chi connectivity index (χ1) is 30.9. The van der Waals surface area contributed by atoms with Crippen molar-refractivity contribution in [2.45, 2.75) is 27.2 Å². The van der Waals surface area contributed by atoms with E-state index in [-0.39, 0.29) is 17.2 Å². The molecule has 0 unspecified atom stereocenters. The number of nitrogens with zero attached hydrogens (tertiary/aromatic N) is 9. The summed E-state index contributed by atoms with van der Waals surface area (Å²) in [6, 6.07) is 21.1. The van der Waals surface area contributed by atoms with E-state index in [0.29, 0.717) is 26.0 Å². The number of pyridine rings is 5. The molecule has 0 spiro atoms. The Hall–Kier alpha value is -7.15. The minimum absolute atomic E-state index is 0.0551. The number of nitriles is 3. The molecule has 0 bridgehead atoms. The summed E-state index contributed by atoms with van der Waals surface area (Å²) in [5.74, 6) is -0.0551. The maximum Gasteiger partial charge on any atom is 0.187 e. The number of hydrogen-bond acceptors (Lipinski definition) is 16. The van der Waals surface area contributed by atoms with Crippen LogP contribution in [0.2, 0.25) is 0 Å². The van der Waals surface area contributed by atoms with E-state index >= 15 is 0 Å². The van der Waals surface area contributed by atoms with Gasteiger partial charge in [-0.15, -0.1) is 34.0 Å². The molecule has 0 amide bonds. The van der Waals surface area contributed by atoms with Crippen LogP contribution in [0.4, 0.5) is 0 Å². The number of ketones is 1. The molecule has 0 aliphatic rings. The molecule has 8 aromatic heterocycles. The van der Waals surface area contributed by atoms with Gasteiger partial charge in [0, 0.05) is 91.0 Å². The molecule has 64 heavy (non-hydrogen) atoms. The molecule has 0 aliphatic heterocycles. The van der Waals surface area contributed by atoms with Crippen LogP contribution in [0.3, 0.4) is 0 Å². The van der Waals surface area contributed by atoms with Gasteiger partial charge < -0.3 is 15.7 Å². The van der Waals surface area contributed by atoms with Crippen LogP contribution in [-0.2, 0) is 0 Å². The quantitative estimate of drug-likeness (QED) is 0.0732. The van der Waals surface area contributed by atoms with E-state index in [2.05, 4.69) is 64.2 Å². The monoisotopic (exact) mass is 950 g/mol. The maximum atomic E-state index is 11.7. The SMILES string of the molecule is Cc1scnc1-c1cc(-c2cccnc2)[nH]c(=S)c1C#N.Cc1scnc1-c1cc(-c2cccnc2)[nH]c(=S)c1C#N.Cc1scnc1/C=C/C(=O)c1cccnc1.N#CCC(N)=S. The number of allylic oxidation sites excluding steroid dienone is 1. The van der Waals surface area contributed by atoms with E-state index < -0.39 is 0 Å². The number of aromatic nitrogens is 8. The number of nitrogens with one attached hydrogen (secondary N) is 2. The molecule has 19 heteroatoms. The van der Waals surface area contributed by atoms with Gasteiger partial charge in [-0.25, -0.2) is 15.0 Å². The molecular formula is C45H34N12OS6. The second-order valence-electron chi connectivity index (χ2n) is 12.9.